The van der Waals surface area contributed by atoms with Crippen molar-refractivity contribution in [1.82, 2.24) is 9.88 Å². The van der Waals surface area contributed by atoms with E-state index in [4.69, 9.17) is 5.73 Å². The second kappa shape index (κ2) is 7.48. The standard InChI is InChI=1S/C16H23N3O.ClH/c1-11(2)18-16(20)10-19-9-13(8-12(3)17)14-6-4-5-7-15(14)19;/h4-7,9,11-12H,8,10,17H2,1-3H3,(H,18,20);1H. The van der Waals surface area contributed by atoms with E-state index in [2.05, 4.69) is 11.4 Å². The fourth-order valence-electron chi connectivity index (χ4n) is 2.49. The first-order chi connectivity index (χ1) is 9.47. The Labute approximate surface area is 132 Å². The van der Waals surface area contributed by atoms with Crippen LogP contribution in [0.4, 0.5) is 0 Å². The number of carbonyl (C=O) groups is 1. The highest BCUT2D eigenvalue weighted by Gasteiger charge is 2.12. The van der Waals surface area contributed by atoms with Gasteiger partial charge < -0.3 is 15.6 Å². The van der Waals surface area contributed by atoms with Crippen LogP contribution in [0.5, 0.6) is 0 Å². The number of halogens is 1. The first-order valence-electron chi connectivity index (χ1n) is 7.09. The minimum Gasteiger partial charge on any atom is -0.352 e. The molecule has 1 unspecified atom stereocenters. The fraction of sp³-hybridized carbons (Fsp3) is 0.438. The van der Waals surface area contributed by atoms with Crippen LogP contribution >= 0.6 is 12.4 Å². The number of para-hydroxylation sites is 1. The number of hydrogen-bond acceptors (Lipinski definition) is 2. The monoisotopic (exact) mass is 309 g/mol. The van der Waals surface area contributed by atoms with Crippen molar-refractivity contribution >= 4 is 29.2 Å². The summed E-state index contributed by atoms with van der Waals surface area (Å²) in [6.45, 7) is 6.27. The summed E-state index contributed by atoms with van der Waals surface area (Å²) >= 11 is 0. The number of amides is 1. The molecule has 21 heavy (non-hydrogen) atoms. The molecule has 1 aromatic carbocycles. The van der Waals surface area contributed by atoms with Crippen LogP contribution in [-0.2, 0) is 17.8 Å². The second-order valence-corrected chi connectivity index (χ2v) is 5.70. The molecule has 1 atom stereocenters. The van der Waals surface area contributed by atoms with Crippen molar-refractivity contribution in [1.29, 1.82) is 0 Å². The summed E-state index contributed by atoms with van der Waals surface area (Å²) in [5.74, 6) is 0.0353. The van der Waals surface area contributed by atoms with Gasteiger partial charge in [-0.3, -0.25) is 4.79 Å². The number of fused-ring (bicyclic) bond motifs is 1. The van der Waals surface area contributed by atoms with Gasteiger partial charge in [-0.15, -0.1) is 12.4 Å². The molecule has 1 aromatic heterocycles. The van der Waals surface area contributed by atoms with Gasteiger partial charge in [0.15, 0.2) is 0 Å². The quantitative estimate of drug-likeness (QED) is 0.891. The zero-order chi connectivity index (χ0) is 14.7. The molecule has 0 fully saturated rings. The highest BCUT2D eigenvalue weighted by atomic mass is 35.5. The number of hydrogen-bond donors (Lipinski definition) is 2. The maximum absolute atomic E-state index is 11.9. The average molecular weight is 310 g/mol. The summed E-state index contributed by atoms with van der Waals surface area (Å²) in [7, 11) is 0. The van der Waals surface area contributed by atoms with Gasteiger partial charge in [0.1, 0.15) is 6.54 Å². The molecule has 0 radical (unpaired) electrons. The van der Waals surface area contributed by atoms with Crippen LogP contribution in [-0.4, -0.2) is 22.6 Å². The molecule has 0 aliphatic heterocycles. The number of benzene rings is 1. The molecule has 3 N–H and O–H groups in total. The average Bonchev–Trinajstić information content (AvgIpc) is 2.66. The number of nitrogens with two attached hydrogens (primary N) is 1. The SMILES string of the molecule is CC(N)Cc1cn(CC(=O)NC(C)C)c2ccccc12.Cl. The highest BCUT2D eigenvalue weighted by molar-refractivity contribution is 5.86. The molecular weight excluding hydrogens is 286 g/mol. The summed E-state index contributed by atoms with van der Waals surface area (Å²) in [5.41, 5.74) is 8.19. The molecule has 0 saturated carbocycles. The number of carbonyl (C=O) groups excluding carboxylic acids is 1. The molecule has 5 heteroatoms. The third kappa shape index (κ3) is 4.48. The fourth-order valence-corrected chi connectivity index (χ4v) is 2.49. The molecule has 2 rings (SSSR count). The second-order valence-electron chi connectivity index (χ2n) is 5.70. The third-order valence-corrected chi connectivity index (χ3v) is 3.18. The number of aromatic nitrogens is 1. The van der Waals surface area contributed by atoms with Crippen LogP contribution in [0.15, 0.2) is 30.5 Å². The molecule has 1 amide bonds. The van der Waals surface area contributed by atoms with Crippen LogP contribution < -0.4 is 11.1 Å². The van der Waals surface area contributed by atoms with Gasteiger partial charge in [0.25, 0.3) is 0 Å². The summed E-state index contributed by atoms with van der Waals surface area (Å²) in [6.07, 6.45) is 2.87. The summed E-state index contributed by atoms with van der Waals surface area (Å²) in [5, 5.41) is 4.10. The van der Waals surface area contributed by atoms with Gasteiger partial charge in [0, 0.05) is 29.2 Å². The molecular formula is C16H24ClN3O. The Bertz CT molecular complexity index is 605. The lowest BCUT2D eigenvalue weighted by Crippen LogP contribution is -2.32. The van der Waals surface area contributed by atoms with Gasteiger partial charge in [-0.25, -0.2) is 0 Å². The van der Waals surface area contributed by atoms with E-state index < -0.39 is 0 Å². The number of rotatable bonds is 5. The molecule has 0 aliphatic carbocycles. The van der Waals surface area contributed by atoms with Crippen LogP contribution in [0.3, 0.4) is 0 Å². The van der Waals surface area contributed by atoms with Crippen molar-refractivity contribution in [3.8, 4) is 0 Å². The topological polar surface area (TPSA) is 60.0 Å². The van der Waals surface area contributed by atoms with E-state index in [0.29, 0.717) is 6.54 Å². The van der Waals surface area contributed by atoms with Crippen molar-refractivity contribution < 1.29 is 4.79 Å². The van der Waals surface area contributed by atoms with E-state index in [-0.39, 0.29) is 30.4 Å². The van der Waals surface area contributed by atoms with E-state index in [1.807, 2.05) is 49.7 Å². The van der Waals surface area contributed by atoms with Crippen LogP contribution in [0.25, 0.3) is 10.9 Å². The zero-order valence-corrected chi connectivity index (χ0v) is 13.6. The van der Waals surface area contributed by atoms with E-state index >= 15 is 0 Å². The maximum Gasteiger partial charge on any atom is 0.240 e. The van der Waals surface area contributed by atoms with Gasteiger partial charge >= 0.3 is 0 Å². The third-order valence-electron chi connectivity index (χ3n) is 3.18. The predicted molar refractivity (Wildman–Crippen MR) is 89.8 cm³/mol. The first-order valence-corrected chi connectivity index (χ1v) is 7.09. The minimum absolute atomic E-state index is 0. The van der Waals surface area contributed by atoms with E-state index in [1.165, 1.54) is 10.9 Å². The van der Waals surface area contributed by atoms with Crippen LogP contribution in [0, 0.1) is 0 Å². The molecule has 0 bridgehead atoms. The number of nitrogens with one attached hydrogen (secondary N) is 1. The lowest BCUT2D eigenvalue weighted by molar-refractivity contribution is -0.122. The van der Waals surface area contributed by atoms with Gasteiger partial charge in [-0.05, 0) is 38.8 Å². The lowest BCUT2D eigenvalue weighted by atomic mass is 10.1. The van der Waals surface area contributed by atoms with Crippen molar-refractivity contribution in [3.63, 3.8) is 0 Å². The van der Waals surface area contributed by atoms with Gasteiger partial charge in [-0.1, -0.05) is 18.2 Å². The van der Waals surface area contributed by atoms with E-state index in [0.717, 1.165) is 11.9 Å². The molecule has 1 heterocycles. The Morgan fingerprint density at radius 1 is 1.29 bits per heavy atom. The molecule has 0 saturated heterocycles. The summed E-state index contributed by atoms with van der Waals surface area (Å²) in [4.78, 5) is 11.9. The van der Waals surface area contributed by atoms with Gasteiger partial charge in [0.05, 0.1) is 0 Å². The van der Waals surface area contributed by atoms with E-state index in [1.54, 1.807) is 0 Å². The molecule has 4 nitrogen and oxygen atoms in total. The molecule has 116 valence electrons. The van der Waals surface area contributed by atoms with Crippen molar-refractivity contribution in [3.05, 3.63) is 36.0 Å². The van der Waals surface area contributed by atoms with Crippen molar-refractivity contribution in [2.75, 3.05) is 0 Å². The molecule has 0 spiro atoms. The van der Waals surface area contributed by atoms with Gasteiger partial charge in [-0.2, -0.15) is 0 Å². The Balaban J connectivity index is 0.00000220. The van der Waals surface area contributed by atoms with Crippen molar-refractivity contribution in [2.24, 2.45) is 5.73 Å². The smallest absolute Gasteiger partial charge is 0.240 e. The summed E-state index contributed by atoms with van der Waals surface area (Å²) < 4.78 is 2.00. The largest absolute Gasteiger partial charge is 0.352 e. The summed E-state index contributed by atoms with van der Waals surface area (Å²) in [6, 6.07) is 8.42. The normalized spacial score (nSPS) is 12.2. The first kappa shape index (κ1) is 17.5. The molecule has 0 aliphatic rings. The van der Waals surface area contributed by atoms with Gasteiger partial charge in [0.2, 0.25) is 5.91 Å². The Kier molecular flexibility index (Phi) is 6.24. The Morgan fingerprint density at radius 3 is 2.57 bits per heavy atom. The predicted octanol–water partition coefficient (Wildman–Crippen LogP) is 2.48. The van der Waals surface area contributed by atoms with Crippen LogP contribution in [0.1, 0.15) is 26.3 Å². The minimum atomic E-state index is 0. The maximum atomic E-state index is 11.9. The van der Waals surface area contributed by atoms with Crippen molar-refractivity contribution in [2.45, 2.75) is 45.8 Å². The zero-order valence-electron chi connectivity index (χ0n) is 12.8. The van der Waals surface area contributed by atoms with E-state index in [9.17, 15) is 4.79 Å². The molecule has 2 aromatic rings. The Morgan fingerprint density at radius 2 is 1.95 bits per heavy atom. The number of nitrogens with zero attached hydrogens (tertiary/aromatic N) is 1. The Hall–Kier alpha value is -1.52. The lowest BCUT2D eigenvalue weighted by Gasteiger charge is -2.09. The highest BCUT2D eigenvalue weighted by Crippen LogP contribution is 2.22. The van der Waals surface area contributed by atoms with Crippen LogP contribution in [0.2, 0.25) is 0 Å².